The molecule has 0 heterocycles. The molecule has 0 nitrogen and oxygen atoms in total. The van der Waals surface area contributed by atoms with E-state index in [0.29, 0.717) is 6.42 Å². The number of hydrogen-bond acceptors (Lipinski definition) is 0. The van der Waals surface area contributed by atoms with Gasteiger partial charge in [0.15, 0.2) is 0 Å². The molecule has 0 aromatic carbocycles. The first-order chi connectivity index (χ1) is 4.63. The van der Waals surface area contributed by atoms with Crippen LogP contribution in [-0.2, 0) is 0 Å². The molecule has 0 aliphatic rings. The third-order valence-corrected chi connectivity index (χ3v) is 1.69. The van der Waals surface area contributed by atoms with E-state index < -0.39 is 5.67 Å². The Hall–Kier alpha value is -0.330. The van der Waals surface area contributed by atoms with Gasteiger partial charge in [-0.3, -0.25) is 0 Å². The summed E-state index contributed by atoms with van der Waals surface area (Å²) < 4.78 is 13.1. The van der Waals surface area contributed by atoms with E-state index in [0.717, 1.165) is 5.57 Å². The van der Waals surface area contributed by atoms with Crippen LogP contribution in [0.2, 0.25) is 0 Å². The van der Waals surface area contributed by atoms with Crippen molar-refractivity contribution in [2.75, 3.05) is 0 Å². The topological polar surface area (TPSA) is 0 Å². The van der Waals surface area contributed by atoms with Crippen molar-refractivity contribution < 1.29 is 4.39 Å². The molecule has 0 N–H and O–H groups in total. The average Bonchev–Trinajstić information content (AvgIpc) is 1.56. The van der Waals surface area contributed by atoms with Gasteiger partial charge >= 0.3 is 0 Å². The van der Waals surface area contributed by atoms with E-state index in [1.54, 1.807) is 13.8 Å². The first-order valence-corrected chi connectivity index (χ1v) is 4.00. The van der Waals surface area contributed by atoms with Crippen molar-refractivity contribution in [1.29, 1.82) is 0 Å². The predicted molar refractivity (Wildman–Crippen MR) is 48.4 cm³/mol. The van der Waals surface area contributed by atoms with Crippen molar-refractivity contribution in [2.45, 2.75) is 46.7 Å². The van der Waals surface area contributed by atoms with Crippen LogP contribution >= 0.6 is 0 Å². The second-order valence-electron chi connectivity index (χ2n) is 4.75. The van der Waals surface area contributed by atoms with Crippen molar-refractivity contribution in [3.63, 3.8) is 0 Å². The lowest BCUT2D eigenvalue weighted by Crippen LogP contribution is -2.19. The normalized spacial score (nSPS) is 13.3. The fraction of sp³-hybridized carbons (Fsp3) is 0.800. The Kier molecular flexibility index (Phi) is 2.87. The van der Waals surface area contributed by atoms with Crippen molar-refractivity contribution in [2.24, 2.45) is 5.41 Å². The molecule has 0 aliphatic carbocycles. The van der Waals surface area contributed by atoms with Gasteiger partial charge in [0.05, 0.1) is 0 Å². The van der Waals surface area contributed by atoms with Gasteiger partial charge in [0.1, 0.15) is 5.67 Å². The molecule has 0 spiro atoms. The zero-order chi connectivity index (χ0) is 9.28. The van der Waals surface area contributed by atoms with Crippen LogP contribution in [0.3, 0.4) is 0 Å². The maximum atomic E-state index is 13.1. The van der Waals surface area contributed by atoms with Gasteiger partial charge in [-0.2, -0.15) is 0 Å². The molecule has 0 fully saturated rings. The molecule has 0 bridgehead atoms. The van der Waals surface area contributed by atoms with Crippen LogP contribution in [0.5, 0.6) is 0 Å². The first-order valence-electron chi connectivity index (χ1n) is 4.00. The number of halogens is 1. The van der Waals surface area contributed by atoms with Crippen molar-refractivity contribution in [3.05, 3.63) is 12.2 Å². The van der Waals surface area contributed by atoms with Gasteiger partial charge < -0.3 is 0 Å². The van der Waals surface area contributed by atoms with Crippen LogP contribution in [0.25, 0.3) is 0 Å². The van der Waals surface area contributed by atoms with Crippen LogP contribution < -0.4 is 0 Å². The number of allylic oxidation sites excluding steroid dienone is 1. The highest BCUT2D eigenvalue weighted by Crippen LogP contribution is 2.31. The molecule has 0 amide bonds. The zero-order valence-electron chi connectivity index (χ0n) is 8.29. The molecule has 0 aromatic heterocycles. The standard InChI is InChI=1S/C10H19F/c1-8(9(2,3)4)7-10(5,6)11/h1,7H2,2-6H3. The minimum atomic E-state index is -1.12. The van der Waals surface area contributed by atoms with Crippen molar-refractivity contribution >= 4 is 0 Å². The Morgan fingerprint density at radius 2 is 1.55 bits per heavy atom. The van der Waals surface area contributed by atoms with Crippen molar-refractivity contribution in [3.8, 4) is 0 Å². The van der Waals surface area contributed by atoms with Gasteiger partial charge in [-0.15, -0.1) is 0 Å². The molecule has 66 valence electrons. The monoisotopic (exact) mass is 158 g/mol. The summed E-state index contributed by atoms with van der Waals surface area (Å²) in [6, 6.07) is 0. The summed E-state index contributed by atoms with van der Waals surface area (Å²) in [5.41, 5.74) is -0.113. The Bertz CT molecular complexity index is 143. The fourth-order valence-electron chi connectivity index (χ4n) is 0.773. The Morgan fingerprint density at radius 1 is 1.18 bits per heavy atom. The van der Waals surface area contributed by atoms with Crippen LogP contribution in [0.15, 0.2) is 12.2 Å². The van der Waals surface area contributed by atoms with Crippen molar-refractivity contribution in [1.82, 2.24) is 0 Å². The molecule has 0 aromatic rings. The van der Waals surface area contributed by atoms with E-state index in [4.69, 9.17) is 0 Å². The molecular formula is C10H19F. The predicted octanol–water partition coefficient (Wildman–Crippen LogP) is 3.73. The maximum Gasteiger partial charge on any atom is 0.109 e. The maximum absolute atomic E-state index is 13.1. The minimum absolute atomic E-state index is 0.0311. The van der Waals surface area contributed by atoms with Crippen LogP contribution in [0.4, 0.5) is 4.39 Å². The Morgan fingerprint density at radius 3 is 1.64 bits per heavy atom. The largest absolute Gasteiger partial charge is 0.244 e. The third kappa shape index (κ3) is 5.00. The molecule has 0 aliphatic heterocycles. The first kappa shape index (κ1) is 10.7. The molecule has 11 heavy (non-hydrogen) atoms. The Balaban J connectivity index is 4.11. The fourth-order valence-corrected chi connectivity index (χ4v) is 0.773. The van der Waals surface area contributed by atoms with Crippen LogP contribution in [0, 0.1) is 5.41 Å². The second-order valence-corrected chi connectivity index (χ2v) is 4.75. The third-order valence-electron chi connectivity index (χ3n) is 1.69. The molecular weight excluding hydrogens is 139 g/mol. The van der Waals surface area contributed by atoms with Gasteiger partial charge in [-0.05, 0) is 19.3 Å². The quantitative estimate of drug-likeness (QED) is 0.537. The molecule has 0 radical (unpaired) electrons. The zero-order valence-corrected chi connectivity index (χ0v) is 8.29. The van der Waals surface area contributed by atoms with Gasteiger partial charge in [-0.25, -0.2) is 4.39 Å². The molecule has 0 atom stereocenters. The van der Waals surface area contributed by atoms with Gasteiger partial charge in [0.2, 0.25) is 0 Å². The smallest absolute Gasteiger partial charge is 0.109 e. The lowest BCUT2D eigenvalue weighted by molar-refractivity contribution is 0.206. The Labute approximate surface area is 69.5 Å². The van der Waals surface area contributed by atoms with E-state index in [9.17, 15) is 4.39 Å². The summed E-state index contributed by atoms with van der Waals surface area (Å²) in [6.45, 7) is 13.2. The summed E-state index contributed by atoms with van der Waals surface area (Å²) in [4.78, 5) is 0. The number of rotatable bonds is 2. The summed E-state index contributed by atoms with van der Waals surface area (Å²) >= 11 is 0. The van der Waals surface area contributed by atoms with E-state index in [1.807, 2.05) is 0 Å². The summed E-state index contributed by atoms with van der Waals surface area (Å²) in [7, 11) is 0. The highest BCUT2D eigenvalue weighted by atomic mass is 19.1. The van der Waals surface area contributed by atoms with Crippen LogP contribution in [-0.4, -0.2) is 5.67 Å². The number of hydrogen-bond donors (Lipinski definition) is 0. The number of alkyl halides is 1. The highest BCUT2D eigenvalue weighted by molar-refractivity contribution is 5.07. The lowest BCUT2D eigenvalue weighted by atomic mass is 9.82. The molecule has 1 heteroatoms. The lowest BCUT2D eigenvalue weighted by Gasteiger charge is -2.26. The van der Waals surface area contributed by atoms with E-state index in [-0.39, 0.29) is 5.41 Å². The highest BCUT2D eigenvalue weighted by Gasteiger charge is 2.23. The molecule has 0 saturated carbocycles. The SMILES string of the molecule is C=C(CC(C)(C)F)C(C)(C)C. The summed E-state index contributed by atoms with van der Waals surface area (Å²) in [6.07, 6.45) is 0.455. The van der Waals surface area contributed by atoms with Gasteiger partial charge in [0.25, 0.3) is 0 Å². The molecule has 0 unspecified atom stereocenters. The van der Waals surface area contributed by atoms with Crippen LogP contribution in [0.1, 0.15) is 41.0 Å². The van der Waals surface area contributed by atoms with E-state index in [2.05, 4.69) is 27.4 Å². The minimum Gasteiger partial charge on any atom is -0.244 e. The van der Waals surface area contributed by atoms with E-state index in [1.165, 1.54) is 0 Å². The van der Waals surface area contributed by atoms with Gasteiger partial charge in [-0.1, -0.05) is 32.9 Å². The summed E-state index contributed by atoms with van der Waals surface area (Å²) in [5, 5.41) is 0. The van der Waals surface area contributed by atoms with E-state index >= 15 is 0 Å². The average molecular weight is 158 g/mol. The summed E-state index contributed by atoms with van der Waals surface area (Å²) in [5.74, 6) is 0. The second kappa shape index (κ2) is 2.96. The van der Waals surface area contributed by atoms with Gasteiger partial charge in [0, 0.05) is 6.42 Å². The molecule has 0 saturated heterocycles. The molecule has 0 rings (SSSR count).